The minimum Gasteiger partial charge on any atom is -0.481 e. The number of hydrogen-bond acceptors (Lipinski definition) is 2. The summed E-state index contributed by atoms with van der Waals surface area (Å²) in [6.07, 6.45) is 23.4. The van der Waals surface area contributed by atoms with Gasteiger partial charge in [0, 0.05) is 6.42 Å². The van der Waals surface area contributed by atoms with Gasteiger partial charge in [0.1, 0.15) is 0 Å². The van der Waals surface area contributed by atoms with E-state index in [1.54, 1.807) is 0 Å². The van der Waals surface area contributed by atoms with Gasteiger partial charge in [-0.3, -0.25) is 4.79 Å². The van der Waals surface area contributed by atoms with Gasteiger partial charge in [-0.25, -0.2) is 4.57 Å². The van der Waals surface area contributed by atoms with E-state index in [0.717, 1.165) is 44.9 Å². The molecule has 25 heavy (non-hydrogen) atoms. The summed E-state index contributed by atoms with van der Waals surface area (Å²) in [5.74, 6) is -0.675. The van der Waals surface area contributed by atoms with E-state index in [0.29, 0.717) is 6.42 Å². The normalized spacial score (nSPS) is 12.0. The van der Waals surface area contributed by atoms with Crippen LogP contribution in [0.4, 0.5) is 0 Å². The van der Waals surface area contributed by atoms with Gasteiger partial charge in [0.15, 0.2) is 0 Å². The summed E-state index contributed by atoms with van der Waals surface area (Å²) in [7, 11) is -4.64. The van der Waals surface area contributed by atoms with Gasteiger partial charge in [0.25, 0.3) is 0 Å². The first-order valence-electron chi connectivity index (χ1n) is 8.72. The molecule has 0 heterocycles. The van der Waals surface area contributed by atoms with Crippen LogP contribution in [0, 0.1) is 0 Å². The molecule has 0 aliphatic carbocycles. The summed E-state index contributed by atoms with van der Waals surface area (Å²) >= 11 is 0. The third-order valence-corrected chi connectivity index (χ3v) is 3.04. The number of rotatable bonds is 13. The predicted molar refractivity (Wildman–Crippen MR) is 101 cm³/mol. The van der Waals surface area contributed by atoms with Crippen molar-refractivity contribution in [2.24, 2.45) is 0 Å². The zero-order valence-electron chi connectivity index (χ0n) is 15.1. The molecular formula is C18H33O6P. The molecule has 0 bridgehead atoms. The second kappa shape index (κ2) is 19.1. The Balaban J connectivity index is 0. The molecule has 0 aliphatic heterocycles. The van der Waals surface area contributed by atoms with Gasteiger partial charge >= 0.3 is 13.8 Å². The van der Waals surface area contributed by atoms with Crippen LogP contribution in [0.25, 0.3) is 0 Å². The van der Waals surface area contributed by atoms with Crippen molar-refractivity contribution in [3.8, 4) is 0 Å². The Morgan fingerprint density at radius 1 is 0.800 bits per heavy atom. The molecule has 7 heteroatoms. The molecule has 0 rings (SSSR count). The lowest BCUT2D eigenvalue weighted by Gasteiger charge is -1.98. The molecule has 0 spiro atoms. The Morgan fingerprint density at radius 3 is 1.76 bits per heavy atom. The van der Waals surface area contributed by atoms with Crippen LogP contribution >= 0.6 is 7.82 Å². The molecule has 0 aromatic carbocycles. The van der Waals surface area contributed by atoms with Crippen LogP contribution in [0.3, 0.4) is 0 Å². The lowest BCUT2D eigenvalue weighted by atomic mass is 10.1. The first-order chi connectivity index (χ1) is 11.8. The third-order valence-electron chi connectivity index (χ3n) is 3.04. The molecule has 0 amide bonds. The molecule has 0 saturated heterocycles. The molecule has 6 nitrogen and oxygen atoms in total. The van der Waals surface area contributed by atoms with Gasteiger partial charge in [0.05, 0.1) is 0 Å². The summed E-state index contributed by atoms with van der Waals surface area (Å²) in [5, 5.41) is 8.50. The highest BCUT2D eigenvalue weighted by molar-refractivity contribution is 7.45. The second-order valence-electron chi connectivity index (χ2n) is 5.51. The molecule has 146 valence electrons. The summed E-state index contributed by atoms with van der Waals surface area (Å²) in [5.41, 5.74) is 0. The maximum Gasteiger partial charge on any atom is 0.466 e. The number of aliphatic carboxylic acids is 1. The average molecular weight is 376 g/mol. The number of allylic oxidation sites excluding steroid dienone is 6. The highest BCUT2D eigenvalue weighted by Crippen LogP contribution is 2.25. The summed E-state index contributed by atoms with van der Waals surface area (Å²) in [4.78, 5) is 31.9. The maximum absolute atomic E-state index is 10.3. The number of hydrogen-bond donors (Lipinski definition) is 4. The van der Waals surface area contributed by atoms with Crippen LogP contribution < -0.4 is 0 Å². The molecule has 0 aliphatic rings. The minimum atomic E-state index is -4.64. The van der Waals surface area contributed by atoms with Gasteiger partial charge in [-0.2, -0.15) is 0 Å². The Hall–Kier alpha value is -1.20. The molecule has 0 aromatic rings. The molecular weight excluding hydrogens is 343 g/mol. The van der Waals surface area contributed by atoms with Crippen LogP contribution in [0.15, 0.2) is 36.5 Å². The Kier molecular flexibility index (Phi) is 19.9. The van der Waals surface area contributed by atoms with Gasteiger partial charge in [-0.15, -0.1) is 0 Å². The van der Waals surface area contributed by atoms with Crippen LogP contribution in [0.1, 0.15) is 71.1 Å². The van der Waals surface area contributed by atoms with E-state index in [4.69, 9.17) is 24.4 Å². The quantitative estimate of drug-likeness (QED) is 0.210. The van der Waals surface area contributed by atoms with E-state index in [-0.39, 0.29) is 0 Å². The number of carbonyl (C=O) groups is 1. The minimum absolute atomic E-state index is 0.319. The van der Waals surface area contributed by atoms with Crippen molar-refractivity contribution >= 4 is 13.8 Å². The van der Waals surface area contributed by atoms with Crippen molar-refractivity contribution in [1.82, 2.24) is 0 Å². The van der Waals surface area contributed by atoms with E-state index in [9.17, 15) is 4.79 Å². The van der Waals surface area contributed by atoms with Gasteiger partial charge in [-0.05, 0) is 38.5 Å². The molecule has 0 saturated carbocycles. The zero-order chi connectivity index (χ0) is 19.4. The number of carboxylic acids is 1. The fourth-order valence-electron chi connectivity index (χ4n) is 1.90. The first-order valence-corrected chi connectivity index (χ1v) is 10.3. The smallest absolute Gasteiger partial charge is 0.466 e. The molecule has 0 radical (unpaired) electrons. The lowest BCUT2D eigenvalue weighted by Crippen LogP contribution is -1.93. The Bertz CT molecular complexity index is 429. The van der Waals surface area contributed by atoms with Crippen molar-refractivity contribution in [3.63, 3.8) is 0 Å². The molecule has 0 aromatic heterocycles. The van der Waals surface area contributed by atoms with Gasteiger partial charge in [-0.1, -0.05) is 62.6 Å². The van der Waals surface area contributed by atoms with Crippen LogP contribution in [-0.2, 0) is 9.36 Å². The fraction of sp³-hybridized carbons (Fsp3) is 0.611. The lowest BCUT2D eigenvalue weighted by molar-refractivity contribution is -0.137. The largest absolute Gasteiger partial charge is 0.481 e. The molecule has 0 atom stereocenters. The number of phosphoric acid groups is 1. The first kappa shape index (κ1) is 26.0. The molecule has 0 fully saturated rings. The van der Waals surface area contributed by atoms with Crippen LogP contribution in [-0.4, -0.2) is 25.8 Å². The summed E-state index contributed by atoms with van der Waals surface area (Å²) < 4.78 is 8.88. The van der Waals surface area contributed by atoms with Crippen molar-refractivity contribution in [2.75, 3.05) is 0 Å². The number of carboxylic acid groups (broad SMARTS) is 1. The maximum atomic E-state index is 10.3. The van der Waals surface area contributed by atoms with E-state index < -0.39 is 13.8 Å². The monoisotopic (exact) mass is 376 g/mol. The highest BCUT2D eigenvalue weighted by atomic mass is 31.2. The van der Waals surface area contributed by atoms with Crippen molar-refractivity contribution in [2.45, 2.75) is 71.1 Å². The fourth-order valence-corrected chi connectivity index (χ4v) is 1.90. The Morgan fingerprint density at radius 2 is 1.24 bits per heavy atom. The van der Waals surface area contributed by atoms with E-state index in [1.807, 2.05) is 0 Å². The van der Waals surface area contributed by atoms with Gasteiger partial charge in [0.2, 0.25) is 0 Å². The van der Waals surface area contributed by atoms with E-state index >= 15 is 0 Å². The van der Waals surface area contributed by atoms with Crippen molar-refractivity contribution < 1.29 is 29.1 Å². The third kappa shape index (κ3) is 39.5. The standard InChI is InChI=1S/C18H30O2.H3O4P/c1-2-3-4-5-6-7-8-9-10-11-12-13-14-15-16-17-18(19)20;1-5(2,3)4/h3-4,6-7,9-10H,2,5,8,11-17H2,1H3,(H,19,20);(H3,1,2,3,4)/b4-3-,7-6-,10-9-;. The summed E-state index contributed by atoms with van der Waals surface area (Å²) in [6, 6.07) is 0. The van der Waals surface area contributed by atoms with Crippen molar-refractivity contribution in [3.05, 3.63) is 36.5 Å². The zero-order valence-corrected chi connectivity index (χ0v) is 16.0. The van der Waals surface area contributed by atoms with Gasteiger partial charge < -0.3 is 19.8 Å². The predicted octanol–water partition coefficient (Wildman–Crippen LogP) is 4.73. The molecule has 4 N–H and O–H groups in total. The average Bonchev–Trinajstić information content (AvgIpc) is 2.49. The van der Waals surface area contributed by atoms with Crippen LogP contribution in [0.2, 0.25) is 0 Å². The topological polar surface area (TPSA) is 115 Å². The second-order valence-corrected chi connectivity index (χ2v) is 6.53. The SMILES string of the molecule is CC/C=C\C/C=C\C/C=C\CCCCCCCC(=O)O.O=P(O)(O)O. The molecule has 0 unspecified atom stereocenters. The van der Waals surface area contributed by atoms with Crippen LogP contribution in [0.5, 0.6) is 0 Å². The van der Waals surface area contributed by atoms with E-state index in [2.05, 4.69) is 43.4 Å². The van der Waals surface area contributed by atoms with Crippen molar-refractivity contribution in [1.29, 1.82) is 0 Å². The Labute approximate surface area is 151 Å². The number of unbranched alkanes of at least 4 members (excludes halogenated alkanes) is 5. The van der Waals surface area contributed by atoms with E-state index in [1.165, 1.54) is 12.8 Å². The summed E-state index contributed by atoms with van der Waals surface area (Å²) in [6.45, 7) is 2.15. The highest BCUT2D eigenvalue weighted by Gasteiger charge is 2.00.